The predicted molar refractivity (Wildman–Crippen MR) is 73.6 cm³/mol. The smallest absolute Gasteiger partial charge is 0.0466 e. The number of ether oxygens (including phenoxy) is 1. The van der Waals surface area contributed by atoms with Crippen LogP contribution in [0.25, 0.3) is 0 Å². The summed E-state index contributed by atoms with van der Waals surface area (Å²) in [6, 6.07) is 8.37. The zero-order valence-corrected chi connectivity index (χ0v) is 11.5. The summed E-state index contributed by atoms with van der Waals surface area (Å²) in [4.78, 5) is 0. The Kier molecular flexibility index (Phi) is 7.25. The van der Waals surface area contributed by atoms with Crippen LogP contribution in [0.15, 0.2) is 24.3 Å². The van der Waals surface area contributed by atoms with Gasteiger partial charge in [-0.15, -0.1) is 0 Å². The Hall–Kier alpha value is -0.570. The van der Waals surface area contributed by atoms with Crippen LogP contribution in [-0.4, -0.2) is 19.8 Å². The minimum absolute atomic E-state index is 0.328. The SMILES string of the molecule is CCNC(CCCOCC)c1ccccc1Cl. The highest BCUT2D eigenvalue weighted by molar-refractivity contribution is 6.31. The van der Waals surface area contributed by atoms with Crippen molar-refractivity contribution in [1.82, 2.24) is 5.32 Å². The van der Waals surface area contributed by atoms with Gasteiger partial charge in [-0.2, -0.15) is 0 Å². The van der Waals surface area contributed by atoms with Crippen LogP contribution in [0.5, 0.6) is 0 Å². The van der Waals surface area contributed by atoms with Crippen LogP contribution in [0.3, 0.4) is 0 Å². The summed E-state index contributed by atoms with van der Waals surface area (Å²) in [6.07, 6.45) is 2.11. The molecule has 0 fully saturated rings. The fourth-order valence-electron chi connectivity index (χ4n) is 1.91. The molecular formula is C14H22ClNO. The molecular weight excluding hydrogens is 234 g/mol. The molecule has 3 heteroatoms. The van der Waals surface area contributed by atoms with E-state index in [1.807, 2.05) is 25.1 Å². The maximum atomic E-state index is 6.22. The van der Waals surface area contributed by atoms with Crippen molar-refractivity contribution in [3.63, 3.8) is 0 Å². The number of rotatable bonds is 8. The van der Waals surface area contributed by atoms with Gasteiger partial charge in [-0.05, 0) is 37.9 Å². The van der Waals surface area contributed by atoms with Crippen molar-refractivity contribution in [3.05, 3.63) is 34.9 Å². The fraction of sp³-hybridized carbons (Fsp3) is 0.571. The Morgan fingerprint density at radius 2 is 2.06 bits per heavy atom. The summed E-state index contributed by atoms with van der Waals surface area (Å²) in [5.41, 5.74) is 1.19. The van der Waals surface area contributed by atoms with Crippen LogP contribution >= 0.6 is 11.6 Å². The van der Waals surface area contributed by atoms with Crippen molar-refractivity contribution < 1.29 is 4.74 Å². The molecule has 0 bridgehead atoms. The lowest BCUT2D eigenvalue weighted by atomic mass is 10.0. The number of benzene rings is 1. The van der Waals surface area contributed by atoms with Crippen molar-refractivity contribution >= 4 is 11.6 Å². The lowest BCUT2D eigenvalue weighted by Crippen LogP contribution is -2.21. The average molecular weight is 256 g/mol. The third-order valence-electron chi connectivity index (χ3n) is 2.72. The van der Waals surface area contributed by atoms with Gasteiger partial charge in [0.1, 0.15) is 0 Å². The normalized spacial score (nSPS) is 12.6. The van der Waals surface area contributed by atoms with Crippen LogP contribution in [-0.2, 0) is 4.74 Å². The fourth-order valence-corrected chi connectivity index (χ4v) is 2.17. The lowest BCUT2D eigenvalue weighted by Gasteiger charge is -2.19. The van der Waals surface area contributed by atoms with Crippen molar-refractivity contribution in [3.8, 4) is 0 Å². The van der Waals surface area contributed by atoms with Crippen LogP contribution in [0.2, 0.25) is 5.02 Å². The quantitative estimate of drug-likeness (QED) is 0.714. The zero-order chi connectivity index (χ0) is 12.5. The molecule has 17 heavy (non-hydrogen) atoms. The molecule has 1 rings (SSSR count). The highest BCUT2D eigenvalue weighted by Crippen LogP contribution is 2.25. The second-order valence-electron chi connectivity index (χ2n) is 3.97. The van der Waals surface area contributed by atoms with Crippen molar-refractivity contribution in [1.29, 1.82) is 0 Å². The first-order valence-corrected chi connectivity index (χ1v) is 6.73. The molecule has 0 aliphatic rings. The summed E-state index contributed by atoms with van der Waals surface area (Å²) in [5, 5.41) is 4.32. The Bertz CT molecular complexity index is 317. The zero-order valence-electron chi connectivity index (χ0n) is 10.7. The van der Waals surface area contributed by atoms with Gasteiger partial charge in [-0.3, -0.25) is 0 Å². The van der Waals surface area contributed by atoms with E-state index >= 15 is 0 Å². The Morgan fingerprint density at radius 3 is 2.71 bits per heavy atom. The standard InChI is InChI=1S/C14H22ClNO/c1-3-16-14(10-7-11-17-4-2)12-8-5-6-9-13(12)15/h5-6,8-9,14,16H,3-4,7,10-11H2,1-2H3. The van der Waals surface area contributed by atoms with Gasteiger partial charge in [0, 0.05) is 24.3 Å². The summed E-state index contributed by atoms with van der Waals surface area (Å²) in [7, 11) is 0. The first-order valence-electron chi connectivity index (χ1n) is 6.35. The molecule has 1 aromatic carbocycles. The molecule has 0 saturated carbocycles. The molecule has 0 saturated heterocycles. The van der Waals surface area contributed by atoms with Gasteiger partial charge in [-0.1, -0.05) is 36.7 Å². The molecule has 1 unspecified atom stereocenters. The first kappa shape index (κ1) is 14.5. The lowest BCUT2D eigenvalue weighted by molar-refractivity contribution is 0.141. The minimum Gasteiger partial charge on any atom is -0.382 e. The second kappa shape index (κ2) is 8.51. The number of hydrogen-bond donors (Lipinski definition) is 1. The molecule has 0 aromatic heterocycles. The van der Waals surface area contributed by atoms with Crippen LogP contribution in [0.1, 0.15) is 38.3 Å². The maximum Gasteiger partial charge on any atom is 0.0466 e. The molecule has 2 nitrogen and oxygen atoms in total. The topological polar surface area (TPSA) is 21.3 Å². The summed E-state index contributed by atoms with van der Waals surface area (Å²) in [6.45, 7) is 6.70. The molecule has 96 valence electrons. The van der Waals surface area contributed by atoms with Crippen LogP contribution in [0, 0.1) is 0 Å². The van der Waals surface area contributed by atoms with Gasteiger partial charge in [0.15, 0.2) is 0 Å². The molecule has 0 radical (unpaired) electrons. The minimum atomic E-state index is 0.328. The van der Waals surface area contributed by atoms with E-state index in [9.17, 15) is 0 Å². The number of hydrogen-bond acceptors (Lipinski definition) is 2. The second-order valence-corrected chi connectivity index (χ2v) is 4.38. The Morgan fingerprint density at radius 1 is 1.29 bits per heavy atom. The van der Waals surface area contributed by atoms with E-state index < -0.39 is 0 Å². The average Bonchev–Trinajstić information content (AvgIpc) is 2.34. The van der Waals surface area contributed by atoms with E-state index in [1.54, 1.807) is 0 Å². The van der Waals surface area contributed by atoms with Crippen molar-refractivity contribution in [2.24, 2.45) is 0 Å². The van der Waals surface area contributed by atoms with E-state index in [0.29, 0.717) is 6.04 Å². The van der Waals surface area contributed by atoms with E-state index in [1.165, 1.54) is 5.56 Å². The number of halogens is 1. The largest absolute Gasteiger partial charge is 0.382 e. The molecule has 1 N–H and O–H groups in total. The highest BCUT2D eigenvalue weighted by Gasteiger charge is 2.12. The van der Waals surface area contributed by atoms with Gasteiger partial charge in [0.2, 0.25) is 0 Å². The first-order chi connectivity index (χ1) is 8.29. The third-order valence-corrected chi connectivity index (χ3v) is 3.06. The van der Waals surface area contributed by atoms with Crippen LogP contribution in [0.4, 0.5) is 0 Å². The Labute approximate surface area is 109 Å². The van der Waals surface area contributed by atoms with E-state index in [0.717, 1.165) is 37.6 Å². The molecule has 0 aliphatic carbocycles. The van der Waals surface area contributed by atoms with Crippen molar-refractivity contribution in [2.75, 3.05) is 19.8 Å². The molecule has 0 amide bonds. The van der Waals surface area contributed by atoms with Gasteiger partial charge >= 0.3 is 0 Å². The Balaban J connectivity index is 2.56. The molecule has 1 aromatic rings. The van der Waals surface area contributed by atoms with E-state index in [4.69, 9.17) is 16.3 Å². The summed E-state index contributed by atoms with van der Waals surface area (Å²) in [5.74, 6) is 0. The number of nitrogens with one attached hydrogen (secondary N) is 1. The maximum absolute atomic E-state index is 6.22. The molecule has 1 atom stereocenters. The van der Waals surface area contributed by atoms with Gasteiger partial charge in [-0.25, -0.2) is 0 Å². The third kappa shape index (κ3) is 5.07. The van der Waals surface area contributed by atoms with Crippen molar-refractivity contribution in [2.45, 2.75) is 32.7 Å². The highest BCUT2D eigenvalue weighted by atomic mass is 35.5. The van der Waals surface area contributed by atoms with E-state index in [-0.39, 0.29) is 0 Å². The predicted octanol–water partition coefficient (Wildman–Crippen LogP) is 3.81. The van der Waals surface area contributed by atoms with Gasteiger partial charge in [0.25, 0.3) is 0 Å². The molecule has 0 aliphatic heterocycles. The van der Waals surface area contributed by atoms with Crippen LogP contribution < -0.4 is 5.32 Å². The van der Waals surface area contributed by atoms with Gasteiger partial charge in [0.05, 0.1) is 0 Å². The van der Waals surface area contributed by atoms with Gasteiger partial charge < -0.3 is 10.1 Å². The monoisotopic (exact) mass is 255 g/mol. The molecule has 0 spiro atoms. The summed E-state index contributed by atoms with van der Waals surface area (Å²) >= 11 is 6.22. The summed E-state index contributed by atoms with van der Waals surface area (Å²) < 4.78 is 5.37. The molecule has 0 heterocycles. The van der Waals surface area contributed by atoms with E-state index in [2.05, 4.69) is 18.3 Å².